The summed E-state index contributed by atoms with van der Waals surface area (Å²) in [6, 6.07) is 9.04. The molecule has 2 aromatic carbocycles. The summed E-state index contributed by atoms with van der Waals surface area (Å²) >= 11 is 0. The van der Waals surface area contributed by atoms with Gasteiger partial charge in [-0.15, -0.1) is 0 Å². The molecule has 0 spiro atoms. The Bertz CT molecular complexity index is 636. The van der Waals surface area contributed by atoms with Gasteiger partial charge in [0.2, 0.25) is 0 Å². The Labute approximate surface area is 118 Å². The summed E-state index contributed by atoms with van der Waals surface area (Å²) in [5, 5.41) is 22.0. The normalized spacial score (nSPS) is 23.5. The number of rotatable bonds is 2. The molecule has 4 N–H and O–H groups in total. The Hall–Kier alpha value is -1.78. The van der Waals surface area contributed by atoms with Gasteiger partial charge in [0.25, 0.3) is 0 Å². The molecule has 1 aliphatic heterocycles. The number of phenolic OH excluding ortho intramolecular Hbond substituents is 2. The lowest BCUT2D eigenvalue weighted by Crippen LogP contribution is -2.20. The van der Waals surface area contributed by atoms with Gasteiger partial charge in [0.1, 0.15) is 11.5 Å². The van der Waals surface area contributed by atoms with E-state index in [4.69, 9.17) is 5.73 Å². The summed E-state index contributed by atoms with van der Waals surface area (Å²) in [4.78, 5) is 2.23. The first-order valence-corrected chi connectivity index (χ1v) is 6.95. The molecular weight excluding hydrogens is 252 g/mol. The van der Waals surface area contributed by atoms with Crippen LogP contribution in [0.15, 0.2) is 30.3 Å². The van der Waals surface area contributed by atoms with Gasteiger partial charge in [-0.3, -0.25) is 4.90 Å². The predicted octanol–water partition coefficient (Wildman–Crippen LogP) is 2.20. The quantitative estimate of drug-likeness (QED) is 0.784. The third-order valence-electron chi connectivity index (χ3n) is 4.33. The van der Waals surface area contributed by atoms with Gasteiger partial charge in [0, 0.05) is 18.2 Å². The van der Waals surface area contributed by atoms with Crippen LogP contribution in [0.1, 0.15) is 18.0 Å². The van der Waals surface area contributed by atoms with E-state index >= 15 is 0 Å². The van der Waals surface area contributed by atoms with Crippen LogP contribution in [-0.2, 0) is 0 Å². The van der Waals surface area contributed by atoms with E-state index in [1.807, 2.05) is 12.1 Å². The van der Waals surface area contributed by atoms with E-state index in [0.717, 1.165) is 29.3 Å². The van der Waals surface area contributed by atoms with Crippen molar-refractivity contribution >= 4 is 10.8 Å². The van der Waals surface area contributed by atoms with Crippen molar-refractivity contribution in [2.75, 3.05) is 20.1 Å². The van der Waals surface area contributed by atoms with Crippen LogP contribution in [0.25, 0.3) is 10.8 Å². The molecule has 2 aromatic rings. The standard InChI is InChI=1S/C16H20N2O2/c1-18-9-10(8-17)6-14(18)16-13-7-12(19)4-2-11(13)3-5-15(16)20/h2-5,7,10,14,19-20H,6,8-9,17H2,1H3. The molecule has 20 heavy (non-hydrogen) atoms. The SMILES string of the molecule is CN1CC(CN)CC1c1c(O)ccc2ccc(O)cc12. The van der Waals surface area contributed by atoms with Crippen molar-refractivity contribution in [2.45, 2.75) is 12.5 Å². The molecule has 0 aliphatic carbocycles. The highest BCUT2D eigenvalue weighted by molar-refractivity contribution is 5.89. The first-order chi connectivity index (χ1) is 9.60. The molecule has 3 rings (SSSR count). The second-order valence-corrected chi connectivity index (χ2v) is 5.70. The Morgan fingerprint density at radius 2 is 2.00 bits per heavy atom. The molecule has 0 amide bonds. The van der Waals surface area contributed by atoms with E-state index in [9.17, 15) is 10.2 Å². The molecule has 0 radical (unpaired) electrons. The molecule has 0 saturated carbocycles. The number of aromatic hydroxyl groups is 2. The highest BCUT2D eigenvalue weighted by Gasteiger charge is 2.32. The third-order valence-corrected chi connectivity index (χ3v) is 4.33. The maximum absolute atomic E-state index is 10.3. The van der Waals surface area contributed by atoms with E-state index in [1.54, 1.807) is 18.2 Å². The van der Waals surface area contributed by atoms with Crippen LogP contribution < -0.4 is 5.73 Å². The lowest BCUT2D eigenvalue weighted by atomic mass is 9.94. The van der Waals surface area contributed by atoms with Crippen LogP contribution in [-0.4, -0.2) is 35.3 Å². The van der Waals surface area contributed by atoms with E-state index < -0.39 is 0 Å². The fourth-order valence-corrected chi connectivity index (χ4v) is 3.28. The summed E-state index contributed by atoms with van der Waals surface area (Å²) in [5.41, 5.74) is 6.68. The van der Waals surface area contributed by atoms with Crippen molar-refractivity contribution in [1.82, 2.24) is 4.90 Å². The Balaban J connectivity index is 2.15. The number of nitrogens with zero attached hydrogens (tertiary/aromatic N) is 1. The molecule has 1 saturated heterocycles. The number of benzene rings is 2. The number of hydrogen-bond donors (Lipinski definition) is 3. The largest absolute Gasteiger partial charge is 0.508 e. The molecule has 4 nitrogen and oxygen atoms in total. The molecule has 0 bridgehead atoms. The molecule has 2 atom stereocenters. The van der Waals surface area contributed by atoms with Gasteiger partial charge in [-0.1, -0.05) is 12.1 Å². The van der Waals surface area contributed by atoms with E-state index in [2.05, 4.69) is 11.9 Å². The third kappa shape index (κ3) is 2.11. The lowest BCUT2D eigenvalue weighted by Gasteiger charge is -2.22. The molecule has 1 heterocycles. The summed E-state index contributed by atoms with van der Waals surface area (Å²) in [6.07, 6.45) is 0.940. The predicted molar refractivity (Wildman–Crippen MR) is 79.8 cm³/mol. The smallest absolute Gasteiger partial charge is 0.121 e. The highest BCUT2D eigenvalue weighted by atomic mass is 16.3. The van der Waals surface area contributed by atoms with Gasteiger partial charge in [0.05, 0.1) is 0 Å². The maximum atomic E-state index is 10.3. The first-order valence-electron chi connectivity index (χ1n) is 6.95. The maximum Gasteiger partial charge on any atom is 0.121 e. The minimum atomic E-state index is 0.147. The van der Waals surface area contributed by atoms with E-state index in [1.165, 1.54) is 0 Å². The summed E-state index contributed by atoms with van der Waals surface area (Å²) in [5.74, 6) is 0.968. The minimum absolute atomic E-state index is 0.147. The number of fused-ring (bicyclic) bond motifs is 1. The van der Waals surface area contributed by atoms with Crippen LogP contribution in [0.3, 0.4) is 0 Å². The minimum Gasteiger partial charge on any atom is -0.508 e. The van der Waals surface area contributed by atoms with Gasteiger partial charge in [-0.25, -0.2) is 0 Å². The highest BCUT2D eigenvalue weighted by Crippen LogP contribution is 2.42. The molecular formula is C16H20N2O2. The zero-order chi connectivity index (χ0) is 14.3. The van der Waals surface area contributed by atoms with Gasteiger partial charge in [0.15, 0.2) is 0 Å². The molecule has 1 fully saturated rings. The average molecular weight is 272 g/mol. The fraction of sp³-hybridized carbons (Fsp3) is 0.375. The fourth-order valence-electron chi connectivity index (χ4n) is 3.28. The lowest BCUT2D eigenvalue weighted by molar-refractivity contribution is 0.307. The van der Waals surface area contributed by atoms with Gasteiger partial charge in [-0.05, 0) is 54.9 Å². The number of phenols is 2. The zero-order valence-electron chi connectivity index (χ0n) is 11.6. The summed E-state index contributed by atoms with van der Waals surface area (Å²) < 4.78 is 0. The first kappa shape index (κ1) is 13.2. The molecule has 4 heteroatoms. The van der Waals surface area contributed by atoms with Crippen molar-refractivity contribution in [3.8, 4) is 11.5 Å². The molecule has 0 aromatic heterocycles. The van der Waals surface area contributed by atoms with Crippen molar-refractivity contribution < 1.29 is 10.2 Å². The van der Waals surface area contributed by atoms with Crippen molar-refractivity contribution in [3.05, 3.63) is 35.9 Å². The summed E-state index contributed by atoms with van der Waals surface area (Å²) in [6.45, 7) is 1.60. The van der Waals surface area contributed by atoms with Crippen LogP contribution in [0.4, 0.5) is 0 Å². The van der Waals surface area contributed by atoms with Crippen molar-refractivity contribution in [3.63, 3.8) is 0 Å². The van der Waals surface area contributed by atoms with E-state index in [0.29, 0.717) is 12.5 Å². The van der Waals surface area contributed by atoms with Crippen molar-refractivity contribution in [2.24, 2.45) is 11.7 Å². The van der Waals surface area contributed by atoms with Crippen LogP contribution in [0.5, 0.6) is 11.5 Å². The summed E-state index contributed by atoms with van der Waals surface area (Å²) in [7, 11) is 2.06. The number of nitrogens with two attached hydrogens (primary N) is 1. The van der Waals surface area contributed by atoms with Crippen molar-refractivity contribution in [1.29, 1.82) is 0 Å². The second-order valence-electron chi connectivity index (χ2n) is 5.70. The van der Waals surface area contributed by atoms with Crippen LogP contribution in [0, 0.1) is 5.92 Å². The van der Waals surface area contributed by atoms with E-state index in [-0.39, 0.29) is 17.5 Å². The monoisotopic (exact) mass is 272 g/mol. The van der Waals surface area contributed by atoms with Crippen LogP contribution >= 0.6 is 0 Å². The van der Waals surface area contributed by atoms with Gasteiger partial charge < -0.3 is 15.9 Å². The van der Waals surface area contributed by atoms with Gasteiger partial charge in [-0.2, -0.15) is 0 Å². The van der Waals surface area contributed by atoms with Gasteiger partial charge >= 0.3 is 0 Å². The van der Waals surface area contributed by atoms with Crippen LogP contribution in [0.2, 0.25) is 0 Å². The Morgan fingerprint density at radius 1 is 1.25 bits per heavy atom. The number of hydrogen-bond acceptors (Lipinski definition) is 4. The molecule has 2 unspecified atom stereocenters. The average Bonchev–Trinajstić information content (AvgIpc) is 2.79. The Kier molecular flexibility index (Phi) is 3.28. The second kappa shape index (κ2) is 4.96. The topological polar surface area (TPSA) is 69.7 Å². The Morgan fingerprint density at radius 3 is 2.70 bits per heavy atom. The number of likely N-dealkylation sites (tertiary alicyclic amines) is 1. The zero-order valence-corrected chi connectivity index (χ0v) is 11.6. The molecule has 1 aliphatic rings. The molecule has 106 valence electrons.